The number of esters is 1. The average molecular weight is 462 g/mol. The second-order valence-electron chi connectivity index (χ2n) is 7.17. The molecule has 0 bridgehead atoms. The van der Waals surface area contributed by atoms with Crippen molar-refractivity contribution in [2.45, 2.75) is 0 Å². The average Bonchev–Trinajstić information content (AvgIpc) is 2.87. The van der Waals surface area contributed by atoms with Crippen LogP contribution in [0, 0.1) is 0 Å². The molecule has 0 saturated heterocycles. The van der Waals surface area contributed by atoms with Crippen molar-refractivity contribution >= 4 is 23.6 Å². The number of carbonyl (C=O) groups excluding carboxylic acids is 3. The van der Waals surface area contributed by atoms with Crippen LogP contribution in [0.2, 0.25) is 0 Å². The minimum atomic E-state index is -0.784. The number of imide groups is 1. The maximum atomic E-state index is 12.0. The zero-order valence-corrected chi connectivity index (χ0v) is 18.1. The molecule has 4 rings (SSSR count). The topological polar surface area (TPSA) is 112 Å². The molecule has 9 heteroatoms. The van der Waals surface area contributed by atoms with Gasteiger partial charge in [-0.05, 0) is 23.8 Å². The van der Waals surface area contributed by atoms with Crippen LogP contribution < -0.4 is 24.8 Å². The van der Waals surface area contributed by atoms with Crippen LogP contribution in [-0.2, 0) is 14.3 Å². The third kappa shape index (κ3) is 6.04. The van der Waals surface area contributed by atoms with E-state index < -0.39 is 24.5 Å². The van der Waals surface area contributed by atoms with E-state index in [2.05, 4.69) is 10.6 Å². The molecule has 1 heterocycles. The maximum Gasteiger partial charge on any atom is 0.344 e. The van der Waals surface area contributed by atoms with Gasteiger partial charge in [-0.15, -0.1) is 0 Å². The smallest absolute Gasteiger partial charge is 0.344 e. The first-order chi connectivity index (χ1) is 16.6. The monoisotopic (exact) mass is 462 g/mol. The minimum Gasteiger partial charge on any atom is -0.486 e. The van der Waals surface area contributed by atoms with Gasteiger partial charge in [-0.3, -0.25) is 10.1 Å². The van der Waals surface area contributed by atoms with Crippen LogP contribution >= 0.6 is 0 Å². The van der Waals surface area contributed by atoms with E-state index >= 15 is 0 Å². The van der Waals surface area contributed by atoms with Gasteiger partial charge in [0, 0.05) is 17.3 Å². The van der Waals surface area contributed by atoms with Crippen molar-refractivity contribution in [1.29, 1.82) is 0 Å². The summed E-state index contributed by atoms with van der Waals surface area (Å²) in [6.07, 6.45) is 0. The van der Waals surface area contributed by atoms with Crippen molar-refractivity contribution in [1.82, 2.24) is 5.32 Å². The molecule has 0 aromatic heterocycles. The molecule has 2 N–H and O–H groups in total. The fraction of sp³-hybridized carbons (Fsp3) is 0.160. The molecule has 3 amide bonds. The summed E-state index contributed by atoms with van der Waals surface area (Å²) in [5.74, 6) is 0.0548. The van der Waals surface area contributed by atoms with Gasteiger partial charge in [-0.2, -0.15) is 0 Å². The van der Waals surface area contributed by atoms with Crippen molar-refractivity contribution < 1.29 is 33.3 Å². The Morgan fingerprint density at radius 2 is 1.56 bits per heavy atom. The molecule has 0 radical (unpaired) electrons. The van der Waals surface area contributed by atoms with Crippen LogP contribution in [0.4, 0.5) is 10.5 Å². The molecule has 34 heavy (non-hydrogen) atoms. The summed E-state index contributed by atoms with van der Waals surface area (Å²) >= 11 is 0. The van der Waals surface area contributed by atoms with E-state index in [1.807, 2.05) is 42.5 Å². The van der Waals surface area contributed by atoms with E-state index in [1.165, 1.54) is 0 Å². The standard InChI is InChI=1S/C25H22N2O7/c28-23(27-25(30)26-18-10-11-21-22(14-18)32-13-12-31-21)15-34-24(29)16-33-20-9-5-4-8-19(20)17-6-2-1-3-7-17/h1-11,14H,12-13,15-16H2,(H2,26,27,28,30). The van der Waals surface area contributed by atoms with Crippen LogP contribution in [-0.4, -0.2) is 44.3 Å². The Morgan fingerprint density at radius 3 is 2.38 bits per heavy atom. The molecule has 1 aliphatic heterocycles. The number of ether oxygens (including phenoxy) is 4. The van der Waals surface area contributed by atoms with Gasteiger partial charge < -0.3 is 24.3 Å². The van der Waals surface area contributed by atoms with Crippen molar-refractivity contribution in [3.05, 3.63) is 72.8 Å². The summed E-state index contributed by atoms with van der Waals surface area (Å²) in [4.78, 5) is 36.0. The van der Waals surface area contributed by atoms with Gasteiger partial charge in [0.05, 0.1) is 0 Å². The van der Waals surface area contributed by atoms with Gasteiger partial charge in [0.1, 0.15) is 19.0 Å². The lowest BCUT2D eigenvalue weighted by Gasteiger charge is -2.19. The lowest BCUT2D eigenvalue weighted by molar-refractivity contribution is -0.150. The summed E-state index contributed by atoms with van der Waals surface area (Å²) < 4.78 is 21.3. The summed E-state index contributed by atoms with van der Waals surface area (Å²) in [5.41, 5.74) is 2.18. The molecule has 9 nitrogen and oxygen atoms in total. The zero-order chi connectivity index (χ0) is 23.8. The van der Waals surface area contributed by atoms with Crippen LogP contribution in [0.25, 0.3) is 11.1 Å². The molecule has 1 aliphatic rings. The summed E-state index contributed by atoms with van der Waals surface area (Å²) in [6, 6.07) is 20.9. The van der Waals surface area contributed by atoms with E-state index in [4.69, 9.17) is 18.9 Å². The number of urea groups is 1. The van der Waals surface area contributed by atoms with Crippen LogP contribution in [0.15, 0.2) is 72.8 Å². The molecule has 0 spiro atoms. The summed E-state index contributed by atoms with van der Waals surface area (Å²) in [7, 11) is 0. The van der Waals surface area contributed by atoms with Gasteiger partial charge in [-0.25, -0.2) is 9.59 Å². The highest BCUT2D eigenvalue weighted by Gasteiger charge is 2.15. The highest BCUT2D eigenvalue weighted by molar-refractivity contribution is 6.02. The van der Waals surface area contributed by atoms with Gasteiger partial charge in [-0.1, -0.05) is 48.5 Å². The fourth-order valence-corrected chi connectivity index (χ4v) is 3.22. The molecule has 3 aromatic rings. The SMILES string of the molecule is O=C(COC(=O)COc1ccccc1-c1ccccc1)NC(=O)Nc1ccc2c(c1)OCCO2. The van der Waals surface area contributed by atoms with Crippen LogP contribution in [0.1, 0.15) is 0 Å². The predicted octanol–water partition coefficient (Wildman–Crippen LogP) is 3.40. The quantitative estimate of drug-likeness (QED) is 0.518. The minimum absolute atomic E-state index is 0.388. The second-order valence-corrected chi connectivity index (χ2v) is 7.17. The molecule has 0 fully saturated rings. The normalized spacial score (nSPS) is 11.8. The van der Waals surface area contributed by atoms with E-state index in [9.17, 15) is 14.4 Å². The number of hydrogen-bond acceptors (Lipinski definition) is 7. The van der Waals surface area contributed by atoms with Crippen LogP contribution in [0.5, 0.6) is 17.2 Å². The summed E-state index contributed by atoms with van der Waals surface area (Å²) in [6.45, 7) is -0.149. The van der Waals surface area contributed by atoms with Crippen molar-refractivity contribution in [2.75, 3.05) is 31.7 Å². The molecule has 3 aromatic carbocycles. The first-order valence-corrected chi connectivity index (χ1v) is 10.5. The zero-order valence-electron chi connectivity index (χ0n) is 18.1. The lowest BCUT2D eigenvalue weighted by Crippen LogP contribution is -2.37. The Hall–Kier alpha value is -4.53. The van der Waals surface area contributed by atoms with Gasteiger partial charge in [0.15, 0.2) is 24.7 Å². The molecular formula is C25H22N2O7. The number of carbonyl (C=O) groups is 3. The lowest BCUT2D eigenvalue weighted by atomic mass is 10.1. The number of hydrogen-bond donors (Lipinski definition) is 2. The Kier molecular flexibility index (Phi) is 7.24. The number of amides is 3. The molecular weight excluding hydrogens is 440 g/mol. The highest BCUT2D eigenvalue weighted by atomic mass is 16.6. The van der Waals surface area contributed by atoms with Crippen LogP contribution in [0.3, 0.4) is 0 Å². The number of anilines is 1. The summed E-state index contributed by atoms with van der Waals surface area (Å²) in [5, 5.41) is 4.60. The molecule has 0 unspecified atom stereocenters. The van der Waals surface area contributed by atoms with Gasteiger partial charge in [0.25, 0.3) is 5.91 Å². The number of benzene rings is 3. The number of nitrogens with one attached hydrogen (secondary N) is 2. The van der Waals surface area contributed by atoms with E-state index in [1.54, 1.807) is 30.3 Å². The van der Waals surface area contributed by atoms with Gasteiger partial charge >= 0.3 is 12.0 Å². The van der Waals surface area contributed by atoms with Gasteiger partial charge in [0.2, 0.25) is 0 Å². The molecule has 0 aliphatic carbocycles. The Labute approximate surface area is 195 Å². The molecule has 174 valence electrons. The Balaban J connectivity index is 1.22. The third-order valence-electron chi connectivity index (χ3n) is 4.73. The van der Waals surface area contributed by atoms with E-state index in [-0.39, 0.29) is 6.61 Å². The largest absolute Gasteiger partial charge is 0.486 e. The first-order valence-electron chi connectivity index (χ1n) is 10.5. The number of fused-ring (bicyclic) bond motifs is 1. The third-order valence-corrected chi connectivity index (χ3v) is 4.73. The Bertz CT molecular complexity index is 1180. The van der Waals surface area contributed by atoms with Crippen molar-refractivity contribution in [2.24, 2.45) is 0 Å². The first kappa shape index (κ1) is 22.7. The molecule has 0 saturated carbocycles. The predicted molar refractivity (Wildman–Crippen MR) is 123 cm³/mol. The fourth-order valence-electron chi connectivity index (χ4n) is 3.22. The van der Waals surface area contributed by atoms with Crippen molar-refractivity contribution in [3.8, 4) is 28.4 Å². The van der Waals surface area contributed by atoms with Crippen molar-refractivity contribution in [3.63, 3.8) is 0 Å². The Morgan fingerprint density at radius 1 is 0.824 bits per heavy atom. The van der Waals surface area contributed by atoms with E-state index in [0.717, 1.165) is 11.1 Å². The highest BCUT2D eigenvalue weighted by Crippen LogP contribution is 2.32. The second kappa shape index (κ2) is 10.9. The number of rotatable bonds is 7. The van der Waals surface area contributed by atoms with E-state index in [0.29, 0.717) is 36.1 Å². The maximum absolute atomic E-state index is 12.0. The number of para-hydroxylation sites is 1. The molecule has 0 atom stereocenters.